The Kier molecular flexibility index (Phi) is 8.60. The summed E-state index contributed by atoms with van der Waals surface area (Å²) in [6.45, 7) is 15.6. The average molecular weight is 506 g/mol. The van der Waals surface area contributed by atoms with Gasteiger partial charge in [-0.1, -0.05) is 20.8 Å². The monoisotopic (exact) mass is 507 g/mol. The molecule has 163 valence electrons. The van der Waals surface area contributed by atoms with Crippen LogP contribution in [0.5, 0.6) is 5.75 Å². The summed E-state index contributed by atoms with van der Waals surface area (Å²) in [5.41, 5.74) is 6.51. The normalized spacial score (nSPS) is 10.7. The van der Waals surface area contributed by atoms with Gasteiger partial charge in [0.1, 0.15) is 0 Å². The molecule has 0 bridgehead atoms. The van der Waals surface area contributed by atoms with Gasteiger partial charge in [-0.15, -0.1) is 0 Å². The molecule has 2 nitrogen and oxygen atoms in total. The van der Waals surface area contributed by atoms with Crippen LogP contribution in [0.15, 0.2) is 24.3 Å². The van der Waals surface area contributed by atoms with E-state index in [0.29, 0.717) is 35.3 Å². The molecule has 0 aliphatic heterocycles. The van der Waals surface area contributed by atoms with Gasteiger partial charge in [0.2, 0.25) is 0 Å². The van der Waals surface area contributed by atoms with Crippen molar-refractivity contribution in [1.82, 2.24) is 0 Å². The number of rotatable bonds is 4. The fourth-order valence-corrected chi connectivity index (χ4v) is 3.72. The summed E-state index contributed by atoms with van der Waals surface area (Å²) >= 11 is 1.77. The summed E-state index contributed by atoms with van der Waals surface area (Å²) in [5.74, 6) is 13.3. The van der Waals surface area contributed by atoms with E-state index in [1.165, 1.54) is 11.1 Å². The zero-order valence-electron chi connectivity index (χ0n) is 20.1. The van der Waals surface area contributed by atoms with Crippen molar-refractivity contribution < 1.29 is 24.2 Å². The number of terminal acetylenes is 2. The van der Waals surface area contributed by atoms with E-state index in [9.17, 15) is 0 Å². The molecule has 0 heterocycles. The zero-order chi connectivity index (χ0) is 24.1. The van der Waals surface area contributed by atoms with Gasteiger partial charge in [0.05, 0.1) is 6.61 Å². The first-order valence-electron chi connectivity index (χ1n) is 10.8. The van der Waals surface area contributed by atoms with Gasteiger partial charge in [0.25, 0.3) is 0 Å². The first-order chi connectivity index (χ1) is 15.0. The Morgan fingerprint density at radius 2 is 1.44 bits per heavy atom. The fraction of sp³-hybridized carbons (Fsp3) is 0.379. The Morgan fingerprint density at radius 1 is 0.875 bits per heavy atom. The van der Waals surface area contributed by atoms with E-state index in [-0.39, 0.29) is 5.41 Å². The summed E-state index contributed by atoms with van der Waals surface area (Å²) in [4.78, 5) is 0. The van der Waals surface area contributed by atoms with E-state index >= 15 is 0 Å². The summed E-state index contributed by atoms with van der Waals surface area (Å²) < 4.78 is 10.5. The molecule has 2 aromatic carbocycles. The Hall–Kier alpha value is -2.68. The molecule has 0 N–H and O–H groups in total. The first kappa shape index (κ1) is 25.6. The Morgan fingerprint density at radius 3 is 1.88 bits per heavy atom. The fourth-order valence-electron chi connectivity index (χ4n) is 3.21. The standard InChI is InChI=1S/C29H31NO.Mo/c1-10-22-17-27(31-18-29(7,8)9)23(11-2)16-24(22)13-12-21-14-25(19(3)4)28(30)26(15-21)20(5)6;/h1-2,14-17,19-20H,18H2,3-9H3;/q+1;. The molecule has 0 amide bonds. The third-order valence-electron chi connectivity index (χ3n) is 4.94. The molecule has 2 aromatic rings. The second-order valence-corrected chi connectivity index (χ2v) is 10.1. The predicted molar refractivity (Wildman–Crippen MR) is 131 cm³/mol. The van der Waals surface area contributed by atoms with Crippen molar-refractivity contribution >= 4 is 5.69 Å². The second-order valence-electron chi connectivity index (χ2n) is 9.69. The van der Waals surface area contributed by atoms with Gasteiger partial charge in [-0.2, -0.15) is 0 Å². The van der Waals surface area contributed by atoms with E-state index in [1.807, 2.05) is 12.1 Å². The summed E-state index contributed by atoms with van der Waals surface area (Å²) in [5, 5.41) is 0. The van der Waals surface area contributed by atoms with E-state index in [2.05, 4.69) is 87.6 Å². The minimum atomic E-state index is 0.0139. The van der Waals surface area contributed by atoms with Crippen LogP contribution in [0.1, 0.15) is 93.7 Å². The molecule has 0 fully saturated rings. The minimum absolute atomic E-state index is 0.0139. The molecule has 0 spiro atoms. The van der Waals surface area contributed by atoms with Crippen LogP contribution in [0, 0.1) is 41.9 Å². The van der Waals surface area contributed by atoms with Crippen molar-refractivity contribution in [1.29, 1.82) is 0 Å². The molecule has 0 saturated carbocycles. The maximum absolute atomic E-state index is 5.97. The van der Waals surface area contributed by atoms with Crippen LogP contribution in [0.4, 0.5) is 5.69 Å². The Balaban J connectivity index is 2.58. The van der Waals surface area contributed by atoms with Crippen LogP contribution < -0.4 is 4.74 Å². The Bertz CT molecular complexity index is 1170. The van der Waals surface area contributed by atoms with Crippen LogP contribution in [0.25, 0.3) is 3.31 Å². The molecule has 0 unspecified atom stereocenters. The molecule has 0 atom stereocenters. The average Bonchev–Trinajstić information content (AvgIpc) is 2.74. The SMILES string of the molecule is C#Cc1cc(OCC(C)(C)C)c(C#C)cc1C#Cc1cc(C(C)C)c([N+]#[Mo])c(C(C)C)c1. The van der Waals surface area contributed by atoms with Gasteiger partial charge in [0, 0.05) is 0 Å². The Labute approximate surface area is 204 Å². The maximum atomic E-state index is 5.97. The third kappa shape index (κ3) is 6.41. The van der Waals surface area contributed by atoms with Crippen molar-refractivity contribution in [3.05, 3.63) is 61.0 Å². The molecule has 0 saturated heterocycles. The number of hydrogen-bond donors (Lipinski definition) is 0. The van der Waals surface area contributed by atoms with Gasteiger partial charge < -0.3 is 0 Å². The summed E-state index contributed by atoms with van der Waals surface area (Å²) in [7, 11) is 0. The number of nitrogens with zero attached hydrogens (tertiary/aromatic N) is 1. The van der Waals surface area contributed by atoms with Crippen molar-refractivity contribution in [2.45, 2.75) is 60.3 Å². The molecule has 0 aromatic heterocycles. The number of ether oxygens (including phenoxy) is 1. The molecule has 3 heteroatoms. The topological polar surface area (TPSA) is 13.6 Å². The molecule has 32 heavy (non-hydrogen) atoms. The van der Waals surface area contributed by atoms with Crippen molar-refractivity contribution in [3.8, 4) is 42.3 Å². The third-order valence-corrected chi connectivity index (χ3v) is 5.39. The van der Waals surface area contributed by atoms with E-state index in [4.69, 9.17) is 17.6 Å². The molecular weight excluding hydrogens is 474 g/mol. The first-order valence-corrected chi connectivity index (χ1v) is 11.7. The van der Waals surface area contributed by atoms with Crippen LogP contribution in [0.2, 0.25) is 0 Å². The molecule has 0 radical (unpaired) electrons. The summed E-state index contributed by atoms with van der Waals surface area (Å²) in [6.07, 6.45) is 11.5. The number of hydrogen-bond acceptors (Lipinski definition) is 1. The van der Waals surface area contributed by atoms with Gasteiger partial charge in [-0.25, -0.2) is 0 Å². The van der Waals surface area contributed by atoms with Gasteiger partial charge in [0.15, 0.2) is 0 Å². The molecule has 0 aliphatic rings. The van der Waals surface area contributed by atoms with Gasteiger partial charge in [-0.05, 0) is 5.41 Å². The predicted octanol–water partition coefficient (Wildman–Crippen LogP) is 7.19. The van der Waals surface area contributed by atoms with Gasteiger partial charge >= 0.3 is 173 Å². The van der Waals surface area contributed by atoms with Crippen LogP contribution in [-0.2, 0) is 19.4 Å². The van der Waals surface area contributed by atoms with Crippen LogP contribution in [-0.4, -0.2) is 6.61 Å². The quantitative estimate of drug-likeness (QED) is 0.317. The van der Waals surface area contributed by atoms with Crippen molar-refractivity contribution in [3.63, 3.8) is 0 Å². The van der Waals surface area contributed by atoms with Gasteiger partial charge in [-0.3, -0.25) is 0 Å². The molecular formula is C29H31MoNO+. The van der Waals surface area contributed by atoms with Crippen molar-refractivity contribution in [2.24, 2.45) is 5.41 Å². The van der Waals surface area contributed by atoms with E-state index < -0.39 is 0 Å². The number of benzene rings is 2. The van der Waals surface area contributed by atoms with Crippen LogP contribution >= 0.6 is 0 Å². The van der Waals surface area contributed by atoms with E-state index in [0.717, 1.165) is 16.8 Å². The van der Waals surface area contributed by atoms with Crippen molar-refractivity contribution in [2.75, 3.05) is 6.61 Å². The molecule has 2 rings (SSSR count). The van der Waals surface area contributed by atoms with E-state index in [1.54, 1.807) is 19.4 Å². The van der Waals surface area contributed by atoms with Crippen LogP contribution in [0.3, 0.4) is 0 Å². The summed E-state index contributed by atoms with van der Waals surface area (Å²) in [6, 6.07) is 7.93. The molecule has 0 aliphatic carbocycles. The zero-order valence-corrected chi connectivity index (χ0v) is 22.1. The second kappa shape index (κ2) is 10.8.